The third kappa shape index (κ3) is 11.3. The summed E-state index contributed by atoms with van der Waals surface area (Å²) < 4.78 is 63.9. The van der Waals surface area contributed by atoms with Gasteiger partial charge in [0.2, 0.25) is 20.0 Å². The smallest absolute Gasteiger partial charge is 0.494 e. The normalized spacial score (nSPS) is 14.1. The zero-order valence-electron chi connectivity index (χ0n) is 38.4. The van der Waals surface area contributed by atoms with E-state index in [0.29, 0.717) is 54.1 Å². The first-order valence-electron chi connectivity index (χ1n) is 21.4. The van der Waals surface area contributed by atoms with E-state index in [1.807, 2.05) is 39.8 Å². The van der Waals surface area contributed by atoms with Gasteiger partial charge in [-0.1, -0.05) is 36.4 Å². The lowest BCUT2D eigenvalue weighted by Crippen LogP contribution is -2.41. The van der Waals surface area contributed by atoms with Gasteiger partial charge in [-0.2, -0.15) is 0 Å². The van der Waals surface area contributed by atoms with E-state index in [0.717, 1.165) is 5.46 Å². The average molecular weight is 1050 g/mol. The van der Waals surface area contributed by atoms with Crippen molar-refractivity contribution in [3.8, 4) is 45.5 Å². The molecule has 6 aromatic carbocycles. The Bertz CT molecular complexity index is 3570. The number of hydrogen-bond acceptors (Lipinski definition) is 12. The number of nitrogens with two attached hydrogens (primary N) is 1. The van der Waals surface area contributed by atoms with E-state index in [4.69, 9.17) is 14.4 Å². The minimum Gasteiger partial charge on any atom is -0.508 e. The van der Waals surface area contributed by atoms with Crippen molar-refractivity contribution in [3.05, 3.63) is 177 Å². The van der Waals surface area contributed by atoms with Gasteiger partial charge >= 0.3 is 7.12 Å². The maximum absolute atomic E-state index is 13.1. The molecule has 0 bridgehead atoms. The Morgan fingerprint density at radius 3 is 1.51 bits per heavy atom. The molecule has 0 spiro atoms. The molecule has 8 aromatic rings. The van der Waals surface area contributed by atoms with E-state index in [1.54, 1.807) is 79.1 Å². The molecule has 0 saturated carbocycles. The summed E-state index contributed by atoms with van der Waals surface area (Å²) in [5.41, 5.74) is 2.78. The van der Waals surface area contributed by atoms with E-state index >= 15 is 0 Å². The number of halogens is 1. The lowest BCUT2D eigenvalue weighted by atomic mass is 9.79. The van der Waals surface area contributed by atoms with Gasteiger partial charge in [-0.05, 0) is 164 Å². The summed E-state index contributed by atoms with van der Waals surface area (Å²) >= 11 is 3.41. The van der Waals surface area contributed by atoms with Gasteiger partial charge in [0.1, 0.15) is 23.0 Å². The van der Waals surface area contributed by atoms with Crippen molar-refractivity contribution < 1.29 is 46.6 Å². The lowest BCUT2D eigenvalue weighted by molar-refractivity contribution is 0.00578. The first-order valence-corrected chi connectivity index (χ1v) is 25.4. The lowest BCUT2D eigenvalue weighted by Gasteiger charge is -2.32. The second-order valence-corrected chi connectivity index (χ2v) is 21.6. The zero-order chi connectivity index (χ0) is 50.9. The Balaban J connectivity index is 0.000000160. The van der Waals surface area contributed by atoms with Gasteiger partial charge < -0.3 is 29.7 Å². The average Bonchev–Trinajstić information content (AvgIpc) is 3.54. The van der Waals surface area contributed by atoms with E-state index in [2.05, 4.69) is 20.7 Å². The molecule has 1 aliphatic rings. The van der Waals surface area contributed by atoms with Gasteiger partial charge in [0.05, 0.1) is 21.9 Å². The van der Waals surface area contributed by atoms with Gasteiger partial charge in [-0.25, -0.2) is 26.7 Å². The highest BCUT2D eigenvalue weighted by molar-refractivity contribution is 9.10. The van der Waals surface area contributed by atoms with Crippen LogP contribution in [0.3, 0.4) is 0 Å². The molecule has 2 aromatic heterocycles. The molecule has 16 nitrogen and oxygen atoms in total. The van der Waals surface area contributed by atoms with Gasteiger partial charge in [0.15, 0.2) is 0 Å². The molecule has 7 N–H and O–H groups in total. The Morgan fingerprint density at radius 2 is 1.04 bits per heavy atom. The van der Waals surface area contributed by atoms with Crippen molar-refractivity contribution in [3.63, 3.8) is 0 Å². The SMILES string of the molecule is CC1(C)OB(c2ccc(CS(N)(=O)=O)cc2)OC1(C)C.CNS(=O)(=O)c1ccc(-c2cn(-c3ccc(O)cc3)c(=O)c3ccc(O)cc23)cc1.O=c1c2ccc(O)cc2c(Br)cn1-c1ccc(O)cc1. The highest BCUT2D eigenvalue weighted by atomic mass is 79.9. The van der Waals surface area contributed by atoms with Gasteiger partial charge in [0.25, 0.3) is 11.1 Å². The van der Waals surface area contributed by atoms with Gasteiger partial charge in [-0.15, -0.1) is 0 Å². The van der Waals surface area contributed by atoms with Crippen molar-refractivity contribution in [2.45, 2.75) is 49.5 Å². The van der Waals surface area contributed by atoms with Crippen LogP contribution in [-0.4, -0.2) is 71.8 Å². The number of fused-ring (bicyclic) bond motifs is 2. The molecule has 0 unspecified atom stereocenters. The summed E-state index contributed by atoms with van der Waals surface area (Å²) in [6.07, 6.45) is 3.29. The van der Waals surface area contributed by atoms with Crippen LogP contribution in [0.1, 0.15) is 33.3 Å². The zero-order valence-corrected chi connectivity index (χ0v) is 41.6. The maximum atomic E-state index is 13.1. The Kier molecular flexibility index (Phi) is 14.5. The Labute approximate surface area is 412 Å². The molecule has 3 heterocycles. The standard InChI is InChI=1S/C22H18N2O5S.C15H10BrNO3.C13H20BNO4S/c1-23-30(28,29)18-9-2-14(3-10-18)21-13-24(15-4-6-16(25)7-5-15)22(27)19-11-8-17(26)12-20(19)21;16-14-8-17(9-1-3-10(18)4-2-9)15(20)12-6-5-11(19)7-13(12)14;1-12(2)13(3,4)19-14(18-12)11-7-5-10(6-8-11)9-20(15,16)17/h2-13,23,25-26H,1H3;1-8,18-19H;5-8H,9H2,1-4H3,(H2,15,16,17). The van der Waals surface area contributed by atoms with Crippen LogP contribution in [0.4, 0.5) is 0 Å². The summed E-state index contributed by atoms with van der Waals surface area (Å²) in [6.45, 7) is 7.95. The number of aromatic nitrogens is 2. The summed E-state index contributed by atoms with van der Waals surface area (Å²) in [5, 5.41) is 45.4. The van der Waals surface area contributed by atoms with Crippen molar-refractivity contribution in [1.29, 1.82) is 0 Å². The fourth-order valence-electron chi connectivity index (χ4n) is 7.37. The third-order valence-electron chi connectivity index (χ3n) is 11.8. The van der Waals surface area contributed by atoms with Gasteiger partial charge in [0, 0.05) is 55.3 Å². The number of nitrogens with one attached hydrogen (secondary N) is 1. The molecule has 70 heavy (non-hydrogen) atoms. The predicted molar refractivity (Wildman–Crippen MR) is 274 cm³/mol. The first-order chi connectivity index (χ1) is 32.9. The second-order valence-electron chi connectivity index (χ2n) is 17.2. The fraction of sp³-hybridized carbons (Fsp3) is 0.160. The molecular weight excluding hydrogens is 1000 g/mol. The number of nitrogens with zero attached hydrogens (tertiary/aromatic N) is 2. The van der Waals surface area contributed by atoms with Crippen molar-refractivity contribution in [2.75, 3.05) is 7.05 Å². The number of benzene rings is 6. The van der Waals surface area contributed by atoms with Crippen molar-refractivity contribution >= 4 is 70.1 Å². The summed E-state index contributed by atoms with van der Waals surface area (Å²) in [5.74, 6) is 0.182. The molecule has 0 radical (unpaired) electrons. The molecule has 9 rings (SSSR count). The second kappa shape index (κ2) is 19.9. The van der Waals surface area contributed by atoms with Crippen LogP contribution in [-0.2, 0) is 35.1 Å². The van der Waals surface area contributed by atoms with Gasteiger partial charge in [-0.3, -0.25) is 18.7 Å². The molecule has 0 amide bonds. The molecule has 20 heteroatoms. The topological polar surface area (TPSA) is 250 Å². The van der Waals surface area contributed by atoms with E-state index < -0.39 is 38.4 Å². The quantitative estimate of drug-likeness (QED) is 0.0850. The molecule has 1 aliphatic heterocycles. The number of phenols is 4. The van der Waals surface area contributed by atoms with Crippen molar-refractivity contribution in [1.82, 2.24) is 13.9 Å². The summed E-state index contributed by atoms with van der Waals surface area (Å²) in [4.78, 5) is 25.7. The number of pyridine rings is 2. The largest absolute Gasteiger partial charge is 0.508 e. The number of sulfonamides is 2. The van der Waals surface area contributed by atoms with E-state index in [-0.39, 0.29) is 44.8 Å². The molecule has 362 valence electrons. The van der Waals surface area contributed by atoms with Crippen LogP contribution in [0.5, 0.6) is 23.0 Å². The number of aromatic hydroxyl groups is 4. The van der Waals surface area contributed by atoms with Crippen LogP contribution in [0, 0.1) is 0 Å². The predicted octanol–water partition coefficient (Wildman–Crippen LogP) is 6.92. The highest BCUT2D eigenvalue weighted by Crippen LogP contribution is 2.37. The minimum atomic E-state index is -3.58. The van der Waals surface area contributed by atoms with Crippen LogP contribution in [0.25, 0.3) is 44.0 Å². The number of rotatable bonds is 8. The number of phenolic OH excluding ortho intramolecular Hbond substituents is 4. The van der Waals surface area contributed by atoms with Crippen LogP contribution in [0.15, 0.2) is 165 Å². The minimum absolute atomic E-state index is 0.0138. The molecule has 1 fully saturated rings. The maximum Gasteiger partial charge on any atom is 0.494 e. The van der Waals surface area contributed by atoms with Crippen LogP contribution in [0.2, 0.25) is 0 Å². The first kappa shape index (κ1) is 51.1. The molecular formula is C50H48BBrN4O12S2. The Hall–Kier alpha value is -6.78. The van der Waals surface area contributed by atoms with Crippen LogP contribution < -0.4 is 26.4 Å². The monoisotopic (exact) mass is 1050 g/mol. The molecule has 1 saturated heterocycles. The van der Waals surface area contributed by atoms with E-state index in [1.165, 1.54) is 70.8 Å². The fourth-order valence-corrected chi connectivity index (χ4v) is 9.29. The third-order valence-corrected chi connectivity index (χ3v) is 14.6. The van der Waals surface area contributed by atoms with Crippen molar-refractivity contribution in [2.24, 2.45) is 5.14 Å². The number of hydrogen-bond donors (Lipinski definition) is 6. The molecule has 0 atom stereocenters. The van der Waals surface area contributed by atoms with Crippen LogP contribution >= 0.6 is 15.9 Å². The Morgan fingerprint density at radius 1 is 0.600 bits per heavy atom. The summed E-state index contributed by atoms with van der Waals surface area (Å²) in [7, 11) is -6.19. The number of primary sulfonamides is 1. The summed E-state index contributed by atoms with van der Waals surface area (Å²) in [6, 6.07) is 35.0. The highest BCUT2D eigenvalue weighted by Gasteiger charge is 2.51. The van der Waals surface area contributed by atoms with E-state index in [9.17, 15) is 46.9 Å². The molecule has 0 aliphatic carbocycles.